The number of para-hydroxylation sites is 1. The van der Waals surface area contributed by atoms with Crippen LogP contribution in [0.5, 0.6) is 0 Å². The first-order chi connectivity index (χ1) is 20.4. The molecule has 0 unspecified atom stereocenters. The van der Waals surface area contributed by atoms with Gasteiger partial charge in [-0.1, -0.05) is 60.3 Å². The smallest absolute Gasteiger partial charge is 0.339 e. The Kier molecular flexibility index (Phi) is 8.58. The molecular weight excluding hydrogens is 554 g/mol. The van der Waals surface area contributed by atoms with Crippen LogP contribution in [0.2, 0.25) is 0 Å². The zero-order valence-electron chi connectivity index (χ0n) is 23.2. The van der Waals surface area contributed by atoms with Crippen molar-refractivity contribution in [3.63, 3.8) is 0 Å². The maximum atomic E-state index is 13.0. The minimum absolute atomic E-state index is 0.0203. The largest absolute Gasteiger partial charge is 0.465 e. The van der Waals surface area contributed by atoms with E-state index in [0.29, 0.717) is 17.5 Å². The second-order valence-electron chi connectivity index (χ2n) is 9.07. The highest BCUT2D eigenvalue weighted by molar-refractivity contribution is 7.99. The number of anilines is 1. The van der Waals surface area contributed by atoms with E-state index in [1.807, 2.05) is 72.2 Å². The third-order valence-corrected chi connectivity index (χ3v) is 7.48. The molecular formula is C31H27N5O5S. The van der Waals surface area contributed by atoms with Gasteiger partial charge < -0.3 is 19.4 Å². The van der Waals surface area contributed by atoms with E-state index < -0.39 is 17.8 Å². The van der Waals surface area contributed by atoms with Gasteiger partial charge in [-0.25, -0.2) is 14.6 Å². The molecule has 1 amide bonds. The number of aromatic nitrogens is 4. The molecule has 3 aromatic carbocycles. The van der Waals surface area contributed by atoms with Crippen molar-refractivity contribution in [3.05, 3.63) is 90.0 Å². The molecule has 0 fully saturated rings. The molecule has 0 spiro atoms. The minimum Gasteiger partial charge on any atom is -0.465 e. The summed E-state index contributed by atoms with van der Waals surface area (Å²) in [7, 11) is 2.49. The zero-order chi connectivity index (χ0) is 29.6. The van der Waals surface area contributed by atoms with Crippen molar-refractivity contribution in [1.82, 2.24) is 19.7 Å². The number of carbonyl (C=O) groups excluding carboxylic acids is 3. The first-order valence-corrected chi connectivity index (χ1v) is 14.0. The van der Waals surface area contributed by atoms with Gasteiger partial charge in [-0.15, -0.1) is 10.2 Å². The van der Waals surface area contributed by atoms with E-state index in [-0.39, 0.29) is 22.6 Å². The lowest BCUT2D eigenvalue weighted by molar-refractivity contribution is -0.113. The molecule has 0 bridgehead atoms. The number of hydrogen-bond donors (Lipinski definition) is 1. The molecule has 11 heteroatoms. The summed E-state index contributed by atoms with van der Waals surface area (Å²) in [5, 5.41) is 13.1. The van der Waals surface area contributed by atoms with E-state index in [9.17, 15) is 14.4 Å². The van der Waals surface area contributed by atoms with Crippen molar-refractivity contribution in [2.24, 2.45) is 0 Å². The van der Waals surface area contributed by atoms with E-state index in [0.717, 1.165) is 27.7 Å². The van der Waals surface area contributed by atoms with Crippen LogP contribution in [0.3, 0.4) is 0 Å². The first-order valence-electron chi connectivity index (χ1n) is 13.1. The summed E-state index contributed by atoms with van der Waals surface area (Å²) in [5.74, 6) is -1.01. The molecule has 2 aromatic heterocycles. The Morgan fingerprint density at radius 1 is 0.881 bits per heavy atom. The summed E-state index contributed by atoms with van der Waals surface area (Å²) >= 11 is 1.21. The number of thioether (sulfide) groups is 1. The summed E-state index contributed by atoms with van der Waals surface area (Å²) in [5.41, 5.74) is 3.96. The van der Waals surface area contributed by atoms with Gasteiger partial charge in [-0.05, 0) is 37.3 Å². The zero-order valence-corrected chi connectivity index (χ0v) is 24.0. The molecule has 2 heterocycles. The van der Waals surface area contributed by atoms with Gasteiger partial charge >= 0.3 is 11.9 Å². The summed E-state index contributed by atoms with van der Waals surface area (Å²) in [4.78, 5) is 42.1. The summed E-state index contributed by atoms with van der Waals surface area (Å²) in [6.07, 6.45) is 0. The summed E-state index contributed by atoms with van der Waals surface area (Å²) < 4.78 is 11.5. The number of rotatable bonds is 9. The molecule has 5 aromatic rings. The Morgan fingerprint density at radius 3 is 2.36 bits per heavy atom. The Morgan fingerprint density at radius 2 is 1.62 bits per heavy atom. The van der Waals surface area contributed by atoms with Gasteiger partial charge in [0.15, 0.2) is 11.0 Å². The number of benzene rings is 3. The maximum Gasteiger partial charge on any atom is 0.339 e. The van der Waals surface area contributed by atoms with Crippen LogP contribution in [0.25, 0.3) is 33.5 Å². The van der Waals surface area contributed by atoms with Crippen LogP contribution in [0.1, 0.15) is 27.6 Å². The van der Waals surface area contributed by atoms with Crippen LogP contribution in [-0.4, -0.2) is 57.6 Å². The maximum absolute atomic E-state index is 13.0. The second kappa shape index (κ2) is 12.6. The highest BCUT2D eigenvalue weighted by atomic mass is 32.2. The highest BCUT2D eigenvalue weighted by Gasteiger charge is 2.20. The predicted octanol–water partition coefficient (Wildman–Crippen LogP) is 5.48. The number of methoxy groups -OCH3 is 2. The number of hydrogen-bond acceptors (Lipinski definition) is 9. The lowest BCUT2D eigenvalue weighted by Gasteiger charge is -2.12. The van der Waals surface area contributed by atoms with E-state index >= 15 is 0 Å². The fourth-order valence-electron chi connectivity index (χ4n) is 4.49. The van der Waals surface area contributed by atoms with Crippen LogP contribution in [-0.2, 0) is 20.8 Å². The Labute approximate surface area is 246 Å². The molecule has 42 heavy (non-hydrogen) atoms. The van der Waals surface area contributed by atoms with Crippen LogP contribution < -0.4 is 5.32 Å². The molecule has 0 aliphatic rings. The van der Waals surface area contributed by atoms with Crippen LogP contribution in [0.15, 0.2) is 84.0 Å². The lowest BCUT2D eigenvalue weighted by Crippen LogP contribution is -2.18. The first kappa shape index (κ1) is 28.5. The number of carbonyl (C=O) groups is 3. The molecule has 0 aliphatic carbocycles. The van der Waals surface area contributed by atoms with E-state index in [2.05, 4.69) is 15.5 Å². The van der Waals surface area contributed by atoms with Crippen LogP contribution in [0, 0.1) is 0 Å². The topological polar surface area (TPSA) is 125 Å². The molecule has 0 radical (unpaired) electrons. The molecule has 0 atom stereocenters. The number of ether oxygens (including phenoxy) is 2. The van der Waals surface area contributed by atoms with Crippen molar-refractivity contribution in [2.75, 3.05) is 25.3 Å². The average Bonchev–Trinajstić information content (AvgIpc) is 3.45. The van der Waals surface area contributed by atoms with Gasteiger partial charge in [0.25, 0.3) is 0 Å². The van der Waals surface area contributed by atoms with Crippen molar-refractivity contribution < 1.29 is 23.9 Å². The van der Waals surface area contributed by atoms with Gasteiger partial charge in [0.1, 0.15) is 0 Å². The predicted molar refractivity (Wildman–Crippen MR) is 160 cm³/mol. The SMILES string of the molecule is CCn1c(SCC(=O)Nc2cc(C(=O)OC)ccc2C(=O)OC)nnc1-c1cc(-c2ccccc2)nc2ccccc12. The third-order valence-electron chi connectivity index (χ3n) is 6.51. The Bertz CT molecular complexity index is 1790. The summed E-state index contributed by atoms with van der Waals surface area (Å²) in [6.45, 7) is 2.55. The van der Waals surface area contributed by atoms with Crippen molar-refractivity contribution >= 4 is 46.2 Å². The number of nitrogens with zero attached hydrogens (tertiary/aromatic N) is 4. The Hall–Kier alpha value is -5.03. The number of nitrogens with one attached hydrogen (secondary N) is 1. The van der Waals surface area contributed by atoms with Crippen LogP contribution >= 0.6 is 11.8 Å². The van der Waals surface area contributed by atoms with Crippen LogP contribution in [0.4, 0.5) is 5.69 Å². The quantitative estimate of drug-likeness (QED) is 0.178. The van der Waals surface area contributed by atoms with Gasteiger partial charge in [-0.3, -0.25) is 4.79 Å². The van der Waals surface area contributed by atoms with Crippen molar-refractivity contribution in [3.8, 4) is 22.6 Å². The van der Waals surface area contributed by atoms with Crippen molar-refractivity contribution in [2.45, 2.75) is 18.6 Å². The van der Waals surface area contributed by atoms with Gasteiger partial charge in [-0.2, -0.15) is 0 Å². The number of esters is 2. The second-order valence-corrected chi connectivity index (χ2v) is 10.0. The lowest BCUT2D eigenvalue weighted by atomic mass is 10.0. The normalized spacial score (nSPS) is 10.8. The highest BCUT2D eigenvalue weighted by Crippen LogP contribution is 2.33. The molecule has 212 valence electrons. The number of amides is 1. The van der Waals surface area contributed by atoms with Gasteiger partial charge in [0.2, 0.25) is 5.91 Å². The van der Waals surface area contributed by atoms with Gasteiger partial charge in [0, 0.05) is 23.1 Å². The molecule has 0 aliphatic heterocycles. The molecule has 1 N–H and O–H groups in total. The molecule has 0 saturated heterocycles. The van der Waals surface area contributed by atoms with E-state index in [4.69, 9.17) is 14.5 Å². The number of pyridine rings is 1. The standard InChI is InChI=1S/C31H27N5O5S/c1-4-36-28(23-17-25(19-10-6-5-7-11-19)32-24-13-9-8-12-21(23)24)34-35-31(36)42-18-27(37)33-26-16-20(29(38)40-2)14-15-22(26)30(39)41-3/h5-17H,4,18H2,1-3H3,(H,33,37). The minimum atomic E-state index is -0.649. The van der Waals surface area contributed by atoms with E-state index in [1.54, 1.807) is 0 Å². The molecule has 0 saturated carbocycles. The fourth-order valence-corrected chi connectivity index (χ4v) is 5.30. The average molecular weight is 582 g/mol. The van der Waals surface area contributed by atoms with E-state index in [1.165, 1.54) is 44.2 Å². The number of fused-ring (bicyclic) bond motifs is 1. The molecule has 5 rings (SSSR count). The Balaban J connectivity index is 1.42. The molecule has 10 nitrogen and oxygen atoms in total. The fraction of sp³-hybridized carbons (Fsp3) is 0.161. The summed E-state index contributed by atoms with van der Waals surface area (Å²) in [6, 6.07) is 24.0. The monoisotopic (exact) mass is 581 g/mol. The van der Waals surface area contributed by atoms with Gasteiger partial charge in [0.05, 0.1) is 48.0 Å². The van der Waals surface area contributed by atoms with Crippen molar-refractivity contribution in [1.29, 1.82) is 0 Å². The third kappa shape index (κ3) is 5.86.